The number of amides is 5. The number of likely N-dealkylation sites (tertiary alicyclic amines) is 3. The first-order valence-corrected chi connectivity index (χ1v) is 46.8. The highest BCUT2D eigenvalue weighted by Crippen LogP contribution is 2.36. The van der Waals surface area contributed by atoms with Crippen LogP contribution in [-0.2, 0) is 38.0 Å². The standard InChI is InChI=1S/C20H33BrN6O4.C20H31BrN6O3.C15H25BrN6O2.C13H16Br2N4O2.C7H16N2O.C3H3ClO.ClHN4.ClH/c1-20(2,3)31-19(29)26-8-5-14(13-26)27-18(15(17(22)28)16(21)24-27)23-6-4-7-25-9-11-30-12-10-25;1-20(2,3)30-19(28)26-8-5-15(14-26)27-18(16(13-22)17(21)24-27)23-6-4-7-25-9-11-29-12-10-25;16-13-12(14(17)23)15(22(20-13)11-2-4-18-10-11)19-3-1-5-21-6-8-24-9-7-21;1-13(2,3)21-12(20)18-5-4-8(7-18)19-11(15)9(6-16)10(14)17-19;8-2-1-3-9-4-6-10-7-5-9;1-2-3(4)5;1-3-5-4-2;/h14,23H,4-13H2,1-3H3,(H2,22,28);15,23H,4-12,14H2,1-3H3;11,18-19H,1-10H2,(H2,17,23);8H,4-5,7H2,1-3H3;1-8H2;2H,1H2;2H;1H/t14-;15-;11-;8-;;;;/m0000..../s1. The maximum Gasteiger partial charge on any atom is 0.410 e. The number of hydrogen-bond donors (Lipinski definition) is 8. The maximum atomic E-state index is 12.4. The smallest absolute Gasteiger partial charge is 0.410 e. The van der Waals surface area contributed by atoms with Gasteiger partial charge < -0.3 is 86.3 Å². The van der Waals surface area contributed by atoms with Crippen molar-refractivity contribution in [3.8, 4) is 12.1 Å². The first-order chi connectivity index (χ1) is 59.9. The number of halogens is 8. The van der Waals surface area contributed by atoms with Crippen LogP contribution in [0.5, 0.6) is 0 Å². The summed E-state index contributed by atoms with van der Waals surface area (Å²) < 4.78 is 50.1. The number of ether oxygens (including phenoxy) is 7. The summed E-state index contributed by atoms with van der Waals surface area (Å²) in [5.41, 5.74) is 22.6. The Hall–Kier alpha value is -6.55. The topological polar surface area (TPSA) is 496 Å². The molecule has 8 fully saturated rings. The molecule has 4 aromatic rings. The van der Waals surface area contributed by atoms with Crippen LogP contribution >= 0.6 is 115 Å². The summed E-state index contributed by atoms with van der Waals surface area (Å²) in [6.07, 6.45) is 7.31. The predicted octanol–water partition coefficient (Wildman–Crippen LogP) is 11.3. The summed E-state index contributed by atoms with van der Waals surface area (Å²) in [4.78, 5) is 84.8. The summed E-state index contributed by atoms with van der Waals surface area (Å²) in [5.74, 6) is 1.02. The Morgan fingerprint density at radius 1 is 0.528 bits per heavy atom. The van der Waals surface area contributed by atoms with Gasteiger partial charge in [0.05, 0.1) is 88.8 Å². The van der Waals surface area contributed by atoms with Gasteiger partial charge in [0, 0.05) is 118 Å². The molecule has 0 aliphatic carbocycles. The number of anilines is 3. The minimum atomic E-state index is -0.546. The van der Waals surface area contributed by atoms with Crippen molar-refractivity contribution in [3.63, 3.8) is 0 Å². The molecule has 4 atom stereocenters. The third kappa shape index (κ3) is 38.3. The Kier molecular flexibility index (Phi) is 49.8. The molecule has 12 heterocycles. The lowest BCUT2D eigenvalue weighted by Gasteiger charge is -2.26. The monoisotopic (exact) mass is 2160 g/mol. The molecule has 12 rings (SSSR count). The fourth-order valence-electron chi connectivity index (χ4n) is 14.1. The van der Waals surface area contributed by atoms with Crippen LogP contribution in [0.25, 0.3) is 0 Å². The largest absolute Gasteiger partial charge is 0.444 e. The summed E-state index contributed by atoms with van der Waals surface area (Å²) in [5, 5.41) is 54.6. The zero-order valence-corrected chi connectivity index (χ0v) is 84.2. The van der Waals surface area contributed by atoms with Crippen molar-refractivity contribution in [2.75, 3.05) is 226 Å². The summed E-state index contributed by atoms with van der Waals surface area (Å²) in [6.45, 7) is 46.5. The molecular formula is C78H126Br5Cl3N28O13. The Morgan fingerprint density at radius 3 is 1.13 bits per heavy atom. The minimum Gasteiger partial charge on any atom is -0.444 e. The van der Waals surface area contributed by atoms with Crippen LogP contribution in [0.3, 0.4) is 0 Å². The van der Waals surface area contributed by atoms with E-state index in [4.69, 9.17) is 72.8 Å². The van der Waals surface area contributed by atoms with Gasteiger partial charge in [-0.15, -0.1) is 12.4 Å². The van der Waals surface area contributed by atoms with Gasteiger partial charge in [-0.25, -0.2) is 28.4 Å². The number of nitrogens with one attached hydrogen (secondary N) is 5. The molecule has 0 saturated carbocycles. The average molecular weight is 2170 g/mol. The Labute approximate surface area is 801 Å². The van der Waals surface area contributed by atoms with E-state index in [-0.39, 0.29) is 54.9 Å². The lowest BCUT2D eigenvalue weighted by Crippen LogP contribution is -2.37. The van der Waals surface area contributed by atoms with Gasteiger partial charge in [-0.3, -0.25) is 38.7 Å². The van der Waals surface area contributed by atoms with E-state index in [0.717, 1.165) is 221 Å². The second-order valence-electron chi connectivity index (χ2n) is 33.1. The van der Waals surface area contributed by atoms with Gasteiger partial charge in [-0.05, 0) is 261 Å². The minimum absolute atomic E-state index is 0. The summed E-state index contributed by atoms with van der Waals surface area (Å²) in [7, 11) is 0. The van der Waals surface area contributed by atoms with Crippen LogP contribution in [0.15, 0.2) is 50.8 Å². The van der Waals surface area contributed by atoms with Crippen molar-refractivity contribution < 1.29 is 61.9 Å². The molecule has 0 unspecified atom stereocenters. The van der Waals surface area contributed by atoms with Gasteiger partial charge in [0.2, 0.25) is 5.24 Å². The van der Waals surface area contributed by atoms with E-state index in [2.05, 4.69) is 186 Å². The quantitative estimate of drug-likeness (QED) is 0.00723. The molecule has 8 aliphatic rings. The molecular weight excluding hydrogens is 2040 g/mol. The molecule has 0 aromatic carbocycles. The number of carbonyl (C=O) groups excluding carboxylic acids is 6. The van der Waals surface area contributed by atoms with E-state index in [1.807, 2.05) is 71.7 Å². The van der Waals surface area contributed by atoms with Gasteiger partial charge in [0.25, 0.3) is 11.8 Å². The first-order valence-electron chi connectivity index (χ1n) is 42.1. The molecule has 0 radical (unpaired) electrons. The number of carbonyl (C=O) groups is 6. The lowest BCUT2D eigenvalue weighted by atomic mass is 10.2. The van der Waals surface area contributed by atoms with Crippen LogP contribution in [0.2, 0.25) is 0 Å². The number of aromatic nitrogens is 8. The van der Waals surface area contributed by atoms with Crippen molar-refractivity contribution >= 4 is 168 Å². The molecule has 41 nitrogen and oxygen atoms in total. The summed E-state index contributed by atoms with van der Waals surface area (Å²) >= 11 is 26.1. The number of nitrogens with zero attached hydrogens (tertiary/aromatic N) is 20. The van der Waals surface area contributed by atoms with Crippen molar-refractivity contribution in [3.05, 3.63) is 57.9 Å². The number of allylic oxidation sites excluding steroid dienone is 1. The molecule has 8 saturated heterocycles. The second kappa shape index (κ2) is 57.0. The van der Waals surface area contributed by atoms with Crippen LogP contribution in [0, 0.1) is 28.2 Å². The van der Waals surface area contributed by atoms with E-state index < -0.39 is 33.9 Å². The van der Waals surface area contributed by atoms with E-state index in [9.17, 15) is 34.0 Å². The number of rotatable bonds is 26. The molecule has 0 spiro atoms. The van der Waals surface area contributed by atoms with Crippen LogP contribution in [-0.4, -0.2) is 335 Å². The van der Waals surface area contributed by atoms with Crippen LogP contribution in [0.4, 0.5) is 31.8 Å². The number of nitriles is 2. The van der Waals surface area contributed by atoms with E-state index in [1.165, 1.54) is 0 Å². The van der Waals surface area contributed by atoms with Crippen molar-refractivity contribution in [1.29, 1.82) is 16.1 Å². The highest BCUT2D eigenvalue weighted by Gasteiger charge is 2.38. The third-order valence-corrected chi connectivity index (χ3v) is 23.4. The molecule has 127 heavy (non-hydrogen) atoms. The van der Waals surface area contributed by atoms with Crippen molar-refractivity contribution in [2.24, 2.45) is 32.3 Å². The fraction of sp³-hybridized carbons (Fsp3) is 0.718. The fourth-order valence-corrected chi connectivity index (χ4v) is 17.0. The second-order valence-corrected chi connectivity index (χ2v) is 37.3. The van der Waals surface area contributed by atoms with E-state index in [1.54, 1.807) is 24.1 Å². The number of nitrogens with two attached hydrogens (primary N) is 3. The molecule has 712 valence electrons. The lowest BCUT2D eigenvalue weighted by molar-refractivity contribution is -0.107. The van der Waals surface area contributed by atoms with Gasteiger partial charge in [0.1, 0.15) is 91.7 Å². The van der Waals surface area contributed by atoms with Gasteiger partial charge in [-0.1, -0.05) is 11.2 Å². The molecule has 11 N–H and O–H groups in total. The molecule has 4 aromatic heterocycles. The van der Waals surface area contributed by atoms with E-state index >= 15 is 0 Å². The van der Waals surface area contributed by atoms with Gasteiger partial charge >= 0.3 is 18.3 Å². The average Bonchev–Trinajstić information content (AvgIpc) is 1.66. The zero-order valence-electron chi connectivity index (χ0n) is 73.9. The molecule has 8 aliphatic heterocycles. The summed E-state index contributed by atoms with van der Waals surface area (Å²) in [6, 6.07) is 4.53. The highest BCUT2D eigenvalue weighted by atomic mass is 79.9. The predicted molar refractivity (Wildman–Crippen MR) is 501 cm³/mol. The SMILES string of the molecule is C=CC(=O)Cl.CC(C)(C)OC(=O)N1CC[C@H](n2nc(Br)c(C#N)c2Br)C1.CC(C)(C)OC(=O)N1CC[C@H](n2nc(Br)c(C#N)c2NCCCN2CCOCC2)C1.CC(C)(C)OC(=O)N1CC[C@H](n2nc(Br)c(C(N)=O)c2NCCCN2CCOCC2)C1.Cl.N=NN=NCl.NC(=O)c1c(Br)nn([C@H]2CCNC2)c1NCCCN1CCOCC1.NCCCN1CCOCC1. The van der Waals surface area contributed by atoms with Crippen LogP contribution in [0.1, 0.15) is 170 Å². The van der Waals surface area contributed by atoms with E-state index in [0.29, 0.717) is 109 Å². The highest BCUT2D eigenvalue weighted by molar-refractivity contribution is 9.11. The number of hydrogen-bond acceptors (Lipinski definition) is 30. The number of morpholine rings is 4. The van der Waals surface area contributed by atoms with Crippen molar-refractivity contribution in [1.82, 2.24) is 78.7 Å². The van der Waals surface area contributed by atoms with Gasteiger partial charge in [0.15, 0.2) is 0 Å². The maximum absolute atomic E-state index is 12.4. The Balaban J connectivity index is 0.000000280. The third-order valence-electron chi connectivity index (χ3n) is 20.2. The van der Waals surface area contributed by atoms with Crippen LogP contribution < -0.4 is 38.5 Å². The normalized spacial score (nSPS) is 19.2. The first kappa shape index (κ1) is 111. The molecule has 49 heteroatoms. The Bertz CT molecular complexity index is 4220. The number of primary amides is 2. The Morgan fingerprint density at radius 2 is 0.843 bits per heavy atom. The molecule has 0 bridgehead atoms. The van der Waals surface area contributed by atoms with Crippen molar-refractivity contribution in [2.45, 2.75) is 155 Å². The molecule has 5 amide bonds. The zero-order chi connectivity index (χ0) is 92.7. The van der Waals surface area contributed by atoms with Gasteiger partial charge in [-0.2, -0.15) is 36.4 Å².